The molecule has 0 fully saturated rings. The molecule has 126 valence electrons. The van der Waals surface area contributed by atoms with Gasteiger partial charge in [0.05, 0.1) is 14.2 Å². The zero-order chi connectivity index (χ0) is 16.4. The number of benzene rings is 1. The van der Waals surface area contributed by atoms with Crippen LogP contribution in [0, 0.1) is 0 Å². The molecule has 22 heavy (non-hydrogen) atoms. The Balaban J connectivity index is 3.31. The van der Waals surface area contributed by atoms with Crippen LogP contribution in [0.1, 0.15) is 25.3 Å². The molecule has 0 bridgehead atoms. The molecule has 0 saturated carbocycles. The fourth-order valence-electron chi connectivity index (χ4n) is 2.11. The van der Waals surface area contributed by atoms with Crippen molar-refractivity contribution in [2.24, 2.45) is 0 Å². The highest BCUT2D eigenvalue weighted by Gasteiger charge is 2.22. The molecule has 0 aliphatic rings. The SMILES string of the molecule is CCCCc1c(OC)c(OCOC)cc(OC)c1OCOC. The molecule has 0 N–H and O–H groups in total. The summed E-state index contributed by atoms with van der Waals surface area (Å²) >= 11 is 0. The molecule has 1 rings (SSSR count). The van der Waals surface area contributed by atoms with Crippen LogP contribution in [-0.4, -0.2) is 42.0 Å². The smallest absolute Gasteiger partial charge is 0.188 e. The molecule has 0 spiro atoms. The summed E-state index contributed by atoms with van der Waals surface area (Å²) in [7, 11) is 6.34. The summed E-state index contributed by atoms with van der Waals surface area (Å²) in [5, 5.41) is 0. The van der Waals surface area contributed by atoms with Crippen LogP contribution in [0.15, 0.2) is 6.07 Å². The Kier molecular flexibility index (Phi) is 8.47. The van der Waals surface area contributed by atoms with Gasteiger partial charge in [0.25, 0.3) is 0 Å². The van der Waals surface area contributed by atoms with Crippen LogP contribution in [0.3, 0.4) is 0 Å². The van der Waals surface area contributed by atoms with Crippen molar-refractivity contribution in [1.82, 2.24) is 0 Å². The molecule has 0 aliphatic heterocycles. The first-order valence-electron chi connectivity index (χ1n) is 7.24. The van der Waals surface area contributed by atoms with Gasteiger partial charge in [0.1, 0.15) is 0 Å². The minimum atomic E-state index is 0.130. The molecular weight excluding hydrogens is 288 g/mol. The molecule has 0 unspecified atom stereocenters. The highest BCUT2D eigenvalue weighted by atomic mass is 16.7. The zero-order valence-electron chi connectivity index (χ0n) is 14.1. The van der Waals surface area contributed by atoms with E-state index in [4.69, 9.17) is 28.4 Å². The number of hydrogen-bond donors (Lipinski definition) is 0. The first-order valence-corrected chi connectivity index (χ1v) is 7.24. The molecule has 0 aliphatic carbocycles. The molecule has 1 aromatic carbocycles. The topological polar surface area (TPSA) is 55.4 Å². The summed E-state index contributed by atoms with van der Waals surface area (Å²) in [5.41, 5.74) is 0.909. The lowest BCUT2D eigenvalue weighted by Crippen LogP contribution is -2.08. The van der Waals surface area contributed by atoms with E-state index in [0.29, 0.717) is 23.0 Å². The van der Waals surface area contributed by atoms with Crippen molar-refractivity contribution in [3.8, 4) is 23.0 Å². The van der Waals surface area contributed by atoms with Crippen LogP contribution in [0.25, 0.3) is 0 Å². The third kappa shape index (κ3) is 4.68. The second-order valence-corrected chi connectivity index (χ2v) is 4.62. The van der Waals surface area contributed by atoms with Crippen molar-refractivity contribution >= 4 is 0 Å². The van der Waals surface area contributed by atoms with Crippen LogP contribution in [0.2, 0.25) is 0 Å². The highest BCUT2D eigenvalue weighted by molar-refractivity contribution is 5.61. The van der Waals surface area contributed by atoms with E-state index in [2.05, 4.69) is 6.92 Å². The van der Waals surface area contributed by atoms with Crippen molar-refractivity contribution in [1.29, 1.82) is 0 Å². The van der Waals surface area contributed by atoms with Gasteiger partial charge in [-0.15, -0.1) is 0 Å². The third-order valence-corrected chi connectivity index (χ3v) is 3.12. The van der Waals surface area contributed by atoms with Gasteiger partial charge in [0, 0.05) is 25.8 Å². The lowest BCUT2D eigenvalue weighted by Gasteiger charge is -2.20. The number of ether oxygens (including phenoxy) is 6. The summed E-state index contributed by atoms with van der Waals surface area (Å²) in [6.45, 7) is 2.40. The van der Waals surface area contributed by atoms with E-state index in [1.807, 2.05) is 0 Å². The predicted molar refractivity (Wildman–Crippen MR) is 83.2 cm³/mol. The van der Waals surface area contributed by atoms with E-state index in [0.717, 1.165) is 24.8 Å². The first kappa shape index (κ1) is 18.4. The second-order valence-electron chi connectivity index (χ2n) is 4.62. The Hall–Kier alpha value is -1.66. The number of methoxy groups -OCH3 is 4. The van der Waals surface area contributed by atoms with E-state index < -0.39 is 0 Å². The maximum Gasteiger partial charge on any atom is 0.188 e. The van der Waals surface area contributed by atoms with Crippen molar-refractivity contribution in [2.45, 2.75) is 26.2 Å². The Bertz CT molecular complexity index is 447. The van der Waals surface area contributed by atoms with Gasteiger partial charge in [-0.2, -0.15) is 0 Å². The molecule has 6 heteroatoms. The van der Waals surface area contributed by atoms with E-state index in [9.17, 15) is 0 Å². The average molecular weight is 314 g/mol. The van der Waals surface area contributed by atoms with Gasteiger partial charge in [0.15, 0.2) is 36.6 Å². The molecule has 0 aromatic heterocycles. The van der Waals surface area contributed by atoms with Crippen LogP contribution >= 0.6 is 0 Å². The Morgan fingerprint density at radius 1 is 0.818 bits per heavy atom. The normalized spacial score (nSPS) is 10.4. The third-order valence-electron chi connectivity index (χ3n) is 3.12. The Morgan fingerprint density at radius 3 is 2.05 bits per heavy atom. The van der Waals surface area contributed by atoms with Gasteiger partial charge in [-0.25, -0.2) is 0 Å². The first-order chi connectivity index (χ1) is 10.7. The number of rotatable bonds is 11. The molecular formula is C16H26O6. The maximum atomic E-state index is 5.69. The van der Waals surface area contributed by atoms with Crippen LogP contribution in [0.5, 0.6) is 23.0 Å². The Labute approximate surface area is 132 Å². The van der Waals surface area contributed by atoms with Gasteiger partial charge < -0.3 is 28.4 Å². The van der Waals surface area contributed by atoms with Crippen LogP contribution < -0.4 is 18.9 Å². The van der Waals surface area contributed by atoms with Gasteiger partial charge in [-0.05, 0) is 12.8 Å². The lowest BCUT2D eigenvalue weighted by atomic mass is 10.0. The van der Waals surface area contributed by atoms with E-state index in [-0.39, 0.29) is 13.6 Å². The van der Waals surface area contributed by atoms with Crippen molar-refractivity contribution in [3.63, 3.8) is 0 Å². The van der Waals surface area contributed by atoms with Crippen molar-refractivity contribution in [3.05, 3.63) is 11.6 Å². The lowest BCUT2D eigenvalue weighted by molar-refractivity contribution is 0.0444. The highest BCUT2D eigenvalue weighted by Crippen LogP contribution is 2.45. The minimum absolute atomic E-state index is 0.130. The van der Waals surface area contributed by atoms with Crippen molar-refractivity contribution in [2.75, 3.05) is 42.0 Å². The minimum Gasteiger partial charge on any atom is -0.493 e. The standard InChI is InChI=1S/C16H26O6/c1-6-7-8-12-15(20-5)14(21-10-17-2)9-13(19-4)16(12)22-11-18-3/h9H,6-8,10-11H2,1-5H3. The number of unbranched alkanes of at least 4 members (excludes halogenated alkanes) is 1. The van der Waals surface area contributed by atoms with Crippen LogP contribution in [0.4, 0.5) is 0 Å². The Morgan fingerprint density at radius 2 is 1.50 bits per heavy atom. The van der Waals surface area contributed by atoms with E-state index >= 15 is 0 Å². The zero-order valence-corrected chi connectivity index (χ0v) is 14.1. The monoisotopic (exact) mass is 314 g/mol. The molecule has 0 radical (unpaired) electrons. The molecule has 6 nitrogen and oxygen atoms in total. The fraction of sp³-hybridized carbons (Fsp3) is 0.625. The van der Waals surface area contributed by atoms with E-state index in [1.165, 1.54) is 0 Å². The van der Waals surface area contributed by atoms with Gasteiger partial charge in [0.2, 0.25) is 0 Å². The molecule has 0 saturated heterocycles. The molecule has 1 aromatic rings. The summed E-state index contributed by atoms with van der Waals surface area (Å²) in [4.78, 5) is 0. The van der Waals surface area contributed by atoms with Gasteiger partial charge >= 0.3 is 0 Å². The fourth-order valence-corrected chi connectivity index (χ4v) is 2.11. The van der Waals surface area contributed by atoms with Crippen LogP contribution in [-0.2, 0) is 15.9 Å². The van der Waals surface area contributed by atoms with E-state index in [1.54, 1.807) is 34.5 Å². The molecule has 0 amide bonds. The average Bonchev–Trinajstić information content (AvgIpc) is 2.55. The molecule has 0 atom stereocenters. The van der Waals surface area contributed by atoms with Gasteiger partial charge in [-0.1, -0.05) is 13.3 Å². The predicted octanol–water partition coefficient (Wildman–Crippen LogP) is 3.01. The summed E-state index contributed by atoms with van der Waals surface area (Å²) in [6.07, 6.45) is 2.84. The van der Waals surface area contributed by atoms with Gasteiger partial charge in [-0.3, -0.25) is 0 Å². The summed E-state index contributed by atoms with van der Waals surface area (Å²) in [6, 6.07) is 1.73. The quantitative estimate of drug-likeness (QED) is 0.585. The largest absolute Gasteiger partial charge is 0.493 e. The second kappa shape index (κ2) is 10.1. The molecule has 0 heterocycles. The maximum absolute atomic E-state index is 5.69. The summed E-state index contributed by atoms with van der Waals surface area (Å²) in [5.74, 6) is 2.41. The van der Waals surface area contributed by atoms with Crippen molar-refractivity contribution < 1.29 is 28.4 Å². The number of hydrogen-bond acceptors (Lipinski definition) is 6. The summed E-state index contributed by atoms with van der Waals surface area (Å²) < 4.78 is 32.2.